The Balaban J connectivity index is 1.14. The lowest BCUT2D eigenvalue weighted by Crippen LogP contribution is -2.49. The predicted octanol–water partition coefficient (Wildman–Crippen LogP) is 3.06. The van der Waals surface area contributed by atoms with Gasteiger partial charge in [0.05, 0.1) is 10.6 Å². The van der Waals surface area contributed by atoms with Gasteiger partial charge in [0.2, 0.25) is 17.6 Å². The molecule has 0 spiro atoms. The zero-order valence-electron chi connectivity index (χ0n) is 16.1. The molecule has 152 valence electrons. The van der Waals surface area contributed by atoms with E-state index in [1.165, 1.54) is 0 Å². The summed E-state index contributed by atoms with van der Waals surface area (Å²) in [6, 6.07) is 7.85. The standard InChI is InChI=1S/C20H23N5O2S2/c26-19(15-29-16-5-7-21-8-6-16)25-12-10-24(11-13-25)9-1-4-18-22-20(23-27-18)17-3-2-14-28-17/h2-3,5-8,14H,1,4,9-13,15H2. The summed E-state index contributed by atoms with van der Waals surface area (Å²) in [6.45, 7) is 4.38. The molecule has 0 bridgehead atoms. The SMILES string of the molecule is O=C(CSc1ccncc1)N1CCN(CCCc2nc(-c3cccs3)no2)CC1. The van der Waals surface area contributed by atoms with Gasteiger partial charge in [-0.05, 0) is 36.5 Å². The second-order valence-electron chi connectivity index (χ2n) is 6.79. The second kappa shape index (κ2) is 10.00. The van der Waals surface area contributed by atoms with Crippen LogP contribution < -0.4 is 0 Å². The van der Waals surface area contributed by atoms with Gasteiger partial charge in [-0.25, -0.2) is 0 Å². The number of rotatable bonds is 8. The van der Waals surface area contributed by atoms with Crippen LogP contribution in [0.25, 0.3) is 10.7 Å². The van der Waals surface area contributed by atoms with Crippen molar-refractivity contribution < 1.29 is 9.32 Å². The molecule has 3 aromatic rings. The Labute approximate surface area is 178 Å². The van der Waals surface area contributed by atoms with Crippen LogP contribution in [0, 0.1) is 0 Å². The highest BCUT2D eigenvalue weighted by Gasteiger charge is 2.21. The molecule has 0 atom stereocenters. The highest BCUT2D eigenvalue weighted by atomic mass is 32.2. The molecule has 3 aromatic heterocycles. The van der Waals surface area contributed by atoms with Crippen molar-refractivity contribution in [2.24, 2.45) is 0 Å². The zero-order chi connectivity index (χ0) is 19.9. The van der Waals surface area contributed by atoms with Crippen molar-refractivity contribution in [3.05, 3.63) is 47.9 Å². The summed E-state index contributed by atoms with van der Waals surface area (Å²) >= 11 is 3.18. The lowest BCUT2D eigenvalue weighted by atomic mass is 10.2. The molecule has 1 aliphatic rings. The molecule has 1 saturated heterocycles. The molecule has 0 radical (unpaired) electrons. The molecule has 0 N–H and O–H groups in total. The van der Waals surface area contributed by atoms with E-state index in [0.717, 1.165) is 55.3 Å². The van der Waals surface area contributed by atoms with Crippen molar-refractivity contribution in [2.75, 3.05) is 38.5 Å². The number of hydrogen-bond acceptors (Lipinski definition) is 8. The maximum Gasteiger partial charge on any atom is 0.233 e. The number of carbonyl (C=O) groups excluding carboxylic acids is 1. The average molecular weight is 430 g/mol. The third kappa shape index (κ3) is 5.65. The smallest absolute Gasteiger partial charge is 0.233 e. The fraction of sp³-hybridized carbons (Fsp3) is 0.400. The quantitative estimate of drug-likeness (QED) is 0.510. The lowest BCUT2D eigenvalue weighted by molar-refractivity contribution is -0.130. The van der Waals surface area contributed by atoms with Crippen LogP contribution in [-0.2, 0) is 11.2 Å². The molecule has 7 nitrogen and oxygen atoms in total. The molecule has 1 aliphatic heterocycles. The molecule has 4 rings (SSSR count). The van der Waals surface area contributed by atoms with E-state index in [1.54, 1.807) is 35.5 Å². The highest BCUT2D eigenvalue weighted by Crippen LogP contribution is 2.21. The minimum atomic E-state index is 0.207. The summed E-state index contributed by atoms with van der Waals surface area (Å²) in [5.41, 5.74) is 0. The first-order valence-corrected chi connectivity index (χ1v) is 11.5. The Hall–Kier alpha value is -2.23. The average Bonchev–Trinajstić information content (AvgIpc) is 3.45. The molecular formula is C20H23N5O2S2. The molecule has 9 heteroatoms. The van der Waals surface area contributed by atoms with E-state index in [0.29, 0.717) is 17.5 Å². The van der Waals surface area contributed by atoms with E-state index >= 15 is 0 Å². The van der Waals surface area contributed by atoms with Crippen LogP contribution >= 0.6 is 23.1 Å². The Morgan fingerprint density at radius 1 is 1.17 bits per heavy atom. The maximum absolute atomic E-state index is 12.4. The number of thiophene rings is 1. The third-order valence-corrected chi connectivity index (χ3v) is 6.67. The summed E-state index contributed by atoms with van der Waals surface area (Å²) in [5, 5.41) is 6.06. The van der Waals surface area contributed by atoms with E-state index in [2.05, 4.69) is 20.0 Å². The monoisotopic (exact) mass is 429 g/mol. The van der Waals surface area contributed by atoms with Gasteiger partial charge in [-0.2, -0.15) is 4.98 Å². The van der Waals surface area contributed by atoms with Gasteiger partial charge in [-0.1, -0.05) is 11.2 Å². The van der Waals surface area contributed by atoms with Crippen LogP contribution in [0.3, 0.4) is 0 Å². The number of carbonyl (C=O) groups is 1. The van der Waals surface area contributed by atoms with Gasteiger partial charge in [0.25, 0.3) is 0 Å². The molecule has 0 aliphatic carbocycles. The molecule has 0 saturated carbocycles. The van der Waals surface area contributed by atoms with Gasteiger partial charge in [-0.3, -0.25) is 14.7 Å². The van der Waals surface area contributed by atoms with E-state index < -0.39 is 0 Å². The molecule has 29 heavy (non-hydrogen) atoms. The second-order valence-corrected chi connectivity index (χ2v) is 8.78. The molecule has 4 heterocycles. The van der Waals surface area contributed by atoms with Crippen LogP contribution in [-0.4, -0.2) is 69.3 Å². The first-order chi connectivity index (χ1) is 14.3. The molecule has 0 aromatic carbocycles. The highest BCUT2D eigenvalue weighted by molar-refractivity contribution is 8.00. The van der Waals surface area contributed by atoms with Gasteiger partial charge >= 0.3 is 0 Å². The van der Waals surface area contributed by atoms with Crippen molar-refractivity contribution in [3.8, 4) is 10.7 Å². The Kier molecular flexibility index (Phi) is 6.91. The van der Waals surface area contributed by atoms with Gasteiger partial charge in [0, 0.05) is 49.9 Å². The first kappa shape index (κ1) is 20.1. The molecule has 1 fully saturated rings. The van der Waals surface area contributed by atoms with Gasteiger partial charge in [-0.15, -0.1) is 23.1 Å². The molecular weight excluding hydrogens is 406 g/mol. The zero-order valence-corrected chi connectivity index (χ0v) is 17.7. The van der Waals surface area contributed by atoms with Crippen molar-refractivity contribution in [1.29, 1.82) is 0 Å². The maximum atomic E-state index is 12.4. The predicted molar refractivity (Wildman–Crippen MR) is 114 cm³/mol. The van der Waals surface area contributed by atoms with E-state index in [9.17, 15) is 4.79 Å². The summed E-state index contributed by atoms with van der Waals surface area (Å²) < 4.78 is 5.36. The minimum absolute atomic E-state index is 0.207. The normalized spacial score (nSPS) is 15.0. The fourth-order valence-corrected chi connectivity index (χ4v) is 4.64. The van der Waals surface area contributed by atoms with Crippen molar-refractivity contribution in [1.82, 2.24) is 24.9 Å². The topological polar surface area (TPSA) is 75.4 Å². The number of aryl methyl sites for hydroxylation is 1. The Morgan fingerprint density at radius 3 is 2.76 bits per heavy atom. The van der Waals surface area contributed by atoms with Gasteiger partial charge in [0.1, 0.15) is 0 Å². The Morgan fingerprint density at radius 2 is 2.00 bits per heavy atom. The van der Waals surface area contributed by atoms with Crippen LogP contribution in [0.1, 0.15) is 12.3 Å². The summed E-state index contributed by atoms with van der Waals surface area (Å²) in [5.74, 6) is 2.05. The number of amides is 1. The van der Waals surface area contributed by atoms with E-state index in [-0.39, 0.29) is 5.91 Å². The third-order valence-electron chi connectivity index (χ3n) is 4.81. The largest absolute Gasteiger partial charge is 0.339 e. The number of nitrogens with zero attached hydrogens (tertiary/aromatic N) is 5. The molecule has 1 amide bonds. The molecule has 0 unspecified atom stereocenters. The van der Waals surface area contributed by atoms with Crippen molar-refractivity contribution in [2.45, 2.75) is 17.7 Å². The van der Waals surface area contributed by atoms with Crippen molar-refractivity contribution >= 4 is 29.0 Å². The van der Waals surface area contributed by atoms with Crippen molar-refractivity contribution in [3.63, 3.8) is 0 Å². The summed E-state index contributed by atoms with van der Waals surface area (Å²) in [4.78, 5) is 27.4. The number of aromatic nitrogens is 3. The fourth-order valence-electron chi connectivity index (χ4n) is 3.21. The Bertz CT molecular complexity index is 893. The number of hydrogen-bond donors (Lipinski definition) is 0. The van der Waals surface area contributed by atoms with Crippen LogP contribution in [0.2, 0.25) is 0 Å². The summed E-state index contributed by atoms with van der Waals surface area (Å²) in [6.07, 6.45) is 5.25. The number of thioether (sulfide) groups is 1. The number of piperazine rings is 1. The van der Waals surface area contributed by atoms with Gasteiger partial charge < -0.3 is 9.42 Å². The van der Waals surface area contributed by atoms with Crippen LogP contribution in [0.15, 0.2) is 51.5 Å². The first-order valence-electron chi connectivity index (χ1n) is 9.67. The lowest BCUT2D eigenvalue weighted by Gasteiger charge is -2.34. The van der Waals surface area contributed by atoms with E-state index in [4.69, 9.17) is 4.52 Å². The minimum Gasteiger partial charge on any atom is -0.339 e. The van der Waals surface area contributed by atoms with Gasteiger partial charge in [0.15, 0.2) is 0 Å². The van der Waals surface area contributed by atoms with Crippen LogP contribution in [0.5, 0.6) is 0 Å². The van der Waals surface area contributed by atoms with Crippen LogP contribution in [0.4, 0.5) is 0 Å². The summed E-state index contributed by atoms with van der Waals surface area (Å²) in [7, 11) is 0. The van der Waals surface area contributed by atoms with E-state index in [1.807, 2.05) is 34.5 Å². The number of pyridine rings is 1.